The van der Waals surface area contributed by atoms with Crippen LogP contribution in [0.15, 0.2) is 29.2 Å². The summed E-state index contributed by atoms with van der Waals surface area (Å²) in [6, 6.07) is 7.78. The number of aliphatic hydroxyl groups excluding tert-OH is 1. The molecule has 0 unspecified atom stereocenters. The lowest BCUT2D eigenvalue weighted by Crippen LogP contribution is -2.47. The molecule has 0 radical (unpaired) electrons. The van der Waals surface area contributed by atoms with Crippen LogP contribution in [0.5, 0.6) is 0 Å². The zero-order valence-corrected chi connectivity index (χ0v) is 13.1. The number of para-hydroxylation sites is 1. The molecule has 0 saturated heterocycles. The summed E-state index contributed by atoms with van der Waals surface area (Å²) in [5, 5.41) is 12.5. The van der Waals surface area contributed by atoms with Gasteiger partial charge in [-0.1, -0.05) is 12.1 Å². The number of rotatable bonds is 3. The quantitative estimate of drug-likeness (QED) is 0.886. The molecule has 2 N–H and O–H groups in total. The number of amides is 2. The molecule has 0 atom stereocenters. The third-order valence-electron chi connectivity index (χ3n) is 4.17. The normalized spacial score (nSPS) is 24.8. The van der Waals surface area contributed by atoms with Crippen molar-refractivity contribution < 1.29 is 14.7 Å². The van der Waals surface area contributed by atoms with Gasteiger partial charge in [0.1, 0.15) is 6.54 Å². The smallest absolute Gasteiger partial charge is 0.240 e. The van der Waals surface area contributed by atoms with Crippen LogP contribution in [-0.4, -0.2) is 41.4 Å². The van der Waals surface area contributed by atoms with Gasteiger partial charge in [0.25, 0.3) is 0 Å². The van der Waals surface area contributed by atoms with E-state index in [-0.39, 0.29) is 30.5 Å². The van der Waals surface area contributed by atoms with Crippen molar-refractivity contribution in [3.8, 4) is 0 Å². The Balaban J connectivity index is 1.62. The molecule has 1 aliphatic carbocycles. The number of nitrogens with zero attached hydrogens (tertiary/aromatic N) is 1. The molecule has 118 valence electrons. The van der Waals surface area contributed by atoms with Gasteiger partial charge in [-0.05, 0) is 37.8 Å². The molecule has 1 heterocycles. The van der Waals surface area contributed by atoms with Crippen LogP contribution in [0.4, 0.5) is 5.69 Å². The number of hydrogen-bond acceptors (Lipinski definition) is 4. The van der Waals surface area contributed by atoms with Crippen LogP contribution in [-0.2, 0) is 9.59 Å². The second kappa shape index (κ2) is 6.71. The van der Waals surface area contributed by atoms with Gasteiger partial charge >= 0.3 is 0 Å². The highest BCUT2D eigenvalue weighted by Gasteiger charge is 2.27. The van der Waals surface area contributed by atoms with Crippen LogP contribution in [0.25, 0.3) is 0 Å². The van der Waals surface area contributed by atoms with Gasteiger partial charge < -0.3 is 15.3 Å². The van der Waals surface area contributed by atoms with E-state index in [2.05, 4.69) is 5.32 Å². The van der Waals surface area contributed by atoms with Crippen LogP contribution in [0.2, 0.25) is 0 Å². The first-order chi connectivity index (χ1) is 10.6. The summed E-state index contributed by atoms with van der Waals surface area (Å²) < 4.78 is 0. The van der Waals surface area contributed by atoms with Gasteiger partial charge in [0.05, 0.1) is 17.5 Å². The van der Waals surface area contributed by atoms with Crippen LogP contribution in [0, 0.1) is 0 Å². The lowest BCUT2D eigenvalue weighted by molar-refractivity contribution is -0.123. The van der Waals surface area contributed by atoms with Crippen LogP contribution in [0.3, 0.4) is 0 Å². The van der Waals surface area contributed by atoms with Crippen molar-refractivity contribution in [2.24, 2.45) is 0 Å². The molecule has 3 rings (SSSR count). The number of thioether (sulfide) groups is 1. The van der Waals surface area contributed by atoms with Crippen LogP contribution in [0.1, 0.15) is 25.7 Å². The lowest BCUT2D eigenvalue weighted by Gasteiger charge is -2.30. The van der Waals surface area contributed by atoms with E-state index >= 15 is 0 Å². The molecule has 5 nitrogen and oxygen atoms in total. The monoisotopic (exact) mass is 320 g/mol. The average molecular weight is 320 g/mol. The molecule has 1 aromatic rings. The first-order valence-electron chi connectivity index (χ1n) is 7.63. The summed E-state index contributed by atoms with van der Waals surface area (Å²) in [5.74, 6) is 0.217. The van der Waals surface area contributed by atoms with E-state index in [1.165, 1.54) is 11.8 Å². The van der Waals surface area contributed by atoms with Crippen LogP contribution < -0.4 is 10.2 Å². The predicted octanol–water partition coefficient (Wildman–Crippen LogP) is 1.54. The van der Waals surface area contributed by atoms with Gasteiger partial charge in [-0.2, -0.15) is 0 Å². The molecule has 22 heavy (non-hydrogen) atoms. The minimum atomic E-state index is -0.235. The van der Waals surface area contributed by atoms with Gasteiger partial charge in [-0.25, -0.2) is 0 Å². The predicted molar refractivity (Wildman–Crippen MR) is 85.9 cm³/mol. The van der Waals surface area contributed by atoms with Crippen molar-refractivity contribution >= 4 is 29.3 Å². The van der Waals surface area contributed by atoms with Gasteiger partial charge in [0.2, 0.25) is 11.8 Å². The zero-order chi connectivity index (χ0) is 15.5. The minimum Gasteiger partial charge on any atom is -0.393 e. The molecule has 2 aliphatic rings. The first kappa shape index (κ1) is 15.4. The molecule has 1 aromatic carbocycles. The third kappa shape index (κ3) is 3.44. The van der Waals surface area contributed by atoms with Crippen molar-refractivity contribution in [1.82, 2.24) is 5.32 Å². The summed E-state index contributed by atoms with van der Waals surface area (Å²) >= 11 is 1.51. The molecule has 1 saturated carbocycles. The Morgan fingerprint density at radius 3 is 2.77 bits per heavy atom. The average Bonchev–Trinajstić information content (AvgIpc) is 2.52. The van der Waals surface area contributed by atoms with Gasteiger partial charge in [-0.15, -0.1) is 11.8 Å². The SMILES string of the molecule is O=C(CN1C(=O)CSc2ccccc21)NC1CCC(O)CC1. The molecule has 2 amide bonds. The van der Waals surface area contributed by atoms with Gasteiger partial charge in [-0.3, -0.25) is 9.59 Å². The maximum Gasteiger partial charge on any atom is 0.240 e. The van der Waals surface area contributed by atoms with Crippen molar-refractivity contribution in [3.05, 3.63) is 24.3 Å². The van der Waals surface area contributed by atoms with E-state index in [9.17, 15) is 14.7 Å². The summed E-state index contributed by atoms with van der Waals surface area (Å²) in [7, 11) is 0. The van der Waals surface area contributed by atoms with E-state index in [4.69, 9.17) is 0 Å². The highest BCUT2D eigenvalue weighted by molar-refractivity contribution is 8.00. The molecular formula is C16H20N2O3S. The van der Waals surface area contributed by atoms with Crippen molar-refractivity contribution in [3.63, 3.8) is 0 Å². The number of carbonyl (C=O) groups excluding carboxylic acids is 2. The van der Waals surface area contributed by atoms with Crippen molar-refractivity contribution in [1.29, 1.82) is 0 Å². The summed E-state index contributed by atoms with van der Waals surface area (Å²) in [6.07, 6.45) is 2.82. The molecule has 0 bridgehead atoms. The zero-order valence-electron chi connectivity index (χ0n) is 12.3. The van der Waals surface area contributed by atoms with Crippen molar-refractivity contribution in [2.45, 2.75) is 42.7 Å². The molecular weight excluding hydrogens is 300 g/mol. The maximum absolute atomic E-state index is 12.2. The number of anilines is 1. The fourth-order valence-electron chi connectivity index (χ4n) is 2.96. The van der Waals surface area contributed by atoms with E-state index in [1.807, 2.05) is 24.3 Å². The van der Waals surface area contributed by atoms with E-state index in [1.54, 1.807) is 4.90 Å². The molecule has 6 heteroatoms. The fourth-order valence-corrected chi connectivity index (χ4v) is 3.90. The molecule has 0 aromatic heterocycles. The Labute approximate surface area is 134 Å². The highest BCUT2D eigenvalue weighted by Crippen LogP contribution is 2.34. The van der Waals surface area contributed by atoms with E-state index in [0.717, 1.165) is 36.3 Å². The third-order valence-corrected chi connectivity index (χ3v) is 5.22. The van der Waals surface area contributed by atoms with Gasteiger partial charge in [0, 0.05) is 10.9 Å². The minimum absolute atomic E-state index is 0.0297. The number of fused-ring (bicyclic) bond motifs is 1. The molecule has 0 spiro atoms. The number of nitrogens with one attached hydrogen (secondary N) is 1. The summed E-state index contributed by atoms with van der Waals surface area (Å²) in [4.78, 5) is 27.0. The van der Waals surface area contributed by atoms with E-state index in [0.29, 0.717) is 5.75 Å². The Hall–Kier alpha value is -1.53. The number of benzene rings is 1. The number of hydrogen-bond donors (Lipinski definition) is 2. The fraction of sp³-hybridized carbons (Fsp3) is 0.500. The number of carbonyl (C=O) groups is 2. The standard InChI is InChI=1S/C16H20N2O3S/c19-12-7-5-11(6-8-12)17-15(20)9-18-13-3-1-2-4-14(13)22-10-16(18)21/h1-4,11-12,19H,5-10H2,(H,17,20). The van der Waals surface area contributed by atoms with Crippen molar-refractivity contribution in [2.75, 3.05) is 17.2 Å². The van der Waals surface area contributed by atoms with Gasteiger partial charge in [0.15, 0.2) is 0 Å². The Bertz CT molecular complexity index is 570. The Kier molecular flexibility index (Phi) is 4.69. The molecule has 1 aliphatic heterocycles. The second-order valence-corrected chi connectivity index (χ2v) is 6.83. The van der Waals surface area contributed by atoms with E-state index < -0.39 is 0 Å². The second-order valence-electron chi connectivity index (χ2n) is 5.81. The topological polar surface area (TPSA) is 69.6 Å². The largest absolute Gasteiger partial charge is 0.393 e. The lowest BCUT2D eigenvalue weighted by atomic mass is 9.93. The maximum atomic E-state index is 12.2. The first-order valence-corrected chi connectivity index (χ1v) is 8.61. The summed E-state index contributed by atoms with van der Waals surface area (Å²) in [5.41, 5.74) is 0.818. The summed E-state index contributed by atoms with van der Waals surface area (Å²) in [6.45, 7) is 0.0649. The number of aliphatic hydroxyl groups is 1. The van der Waals surface area contributed by atoms with Crippen LogP contribution >= 0.6 is 11.8 Å². The highest BCUT2D eigenvalue weighted by atomic mass is 32.2. The molecule has 1 fully saturated rings. The Morgan fingerprint density at radius 2 is 2.00 bits per heavy atom. The Morgan fingerprint density at radius 1 is 1.27 bits per heavy atom.